The van der Waals surface area contributed by atoms with Crippen LogP contribution < -0.4 is 5.32 Å². The number of nitrogens with one attached hydrogen (secondary N) is 2. The molecule has 2 aromatic rings. The molecule has 0 aromatic carbocycles. The van der Waals surface area contributed by atoms with E-state index < -0.39 is 5.91 Å². The van der Waals surface area contributed by atoms with Crippen LogP contribution in [0, 0.1) is 6.92 Å². The van der Waals surface area contributed by atoms with Crippen LogP contribution in [0.15, 0.2) is 5.51 Å². The van der Waals surface area contributed by atoms with Crippen LogP contribution in [0.2, 0.25) is 0 Å². The zero-order chi connectivity index (χ0) is 9.97. The van der Waals surface area contributed by atoms with Crippen molar-refractivity contribution in [3.8, 4) is 0 Å². The highest BCUT2D eigenvalue weighted by Gasteiger charge is 2.12. The Morgan fingerprint density at radius 3 is 3.07 bits per heavy atom. The van der Waals surface area contributed by atoms with Crippen molar-refractivity contribution in [3.05, 3.63) is 17.2 Å². The first-order valence-corrected chi connectivity index (χ1v) is 4.60. The van der Waals surface area contributed by atoms with Crippen LogP contribution in [-0.2, 0) is 0 Å². The molecule has 0 aliphatic carbocycles. The summed E-state index contributed by atoms with van der Waals surface area (Å²) in [6, 6.07) is 0. The van der Waals surface area contributed by atoms with Gasteiger partial charge in [0.2, 0.25) is 11.0 Å². The van der Waals surface area contributed by atoms with Gasteiger partial charge in [-0.3, -0.25) is 15.2 Å². The van der Waals surface area contributed by atoms with Gasteiger partial charge in [-0.2, -0.15) is 0 Å². The monoisotopic (exact) mass is 210 g/mol. The molecule has 1 amide bonds. The maximum atomic E-state index is 11.4. The molecule has 2 N–H and O–H groups in total. The van der Waals surface area contributed by atoms with Gasteiger partial charge >= 0.3 is 0 Å². The zero-order valence-electron chi connectivity index (χ0n) is 7.18. The lowest BCUT2D eigenvalue weighted by Gasteiger charge is -1.93. The fourth-order valence-corrected chi connectivity index (χ4v) is 1.26. The number of aromatic amines is 1. The average molecular weight is 210 g/mol. The fourth-order valence-electron chi connectivity index (χ4n) is 0.825. The molecule has 0 saturated heterocycles. The van der Waals surface area contributed by atoms with Crippen molar-refractivity contribution < 1.29 is 4.79 Å². The van der Waals surface area contributed by atoms with Gasteiger partial charge in [0.15, 0.2) is 0 Å². The highest BCUT2D eigenvalue weighted by molar-refractivity contribution is 7.13. The molecule has 7 nitrogen and oxygen atoms in total. The topological polar surface area (TPSA) is 96.5 Å². The smallest absolute Gasteiger partial charge is 0.294 e. The number of rotatable bonds is 2. The molecule has 0 unspecified atom stereocenters. The Bertz CT molecular complexity index is 435. The Hall–Kier alpha value is -1.83. The van der Waals surface area contributed by atoms with E-state index in [0.717, 1.165) is 0 Å². The van der Waals surface area contributed by atoms with Crippen LogP contribution in [0.1, 0.15) is 16.4 Å². The first-order chi connectivity index (χ1) is 6.75. The molecule has 8 heteroatoms. The molecule has 0 saturated carbocycles. The molecule has 2 aromatic heterocycles. The molecular weight excluding hydrogens is 204 g/mol. The van der Waals surface area contributed by atoms with E-state index in [1.165, 1.54) is 16.8 Å². The van der Waals surface area contributed by atoms with E-state index in [1.54, 1.807) is 6.92 Å². The van der Waals surface area contributed by atoms with E-state index in [9.17, 15) is 4.79 Å². The van der Waals surface area contributed by atoms with Gasteiger partial charge in [-0.25, -0.2) is 4.98 Å². The summed E-state index contributed by atoms with van der Waals surface area (Å²) in [5.74, 6) is 0.288. The third-order valence-electron chi connectivity index (χ3n) is 1.38. The Balaban J connectivity index is 2.10. The SMILES string of the molecule is Cc1nc(C(=O)Nc2nncs2)n[nH]1. The third kappa shape index (κ3) is 1.74. The summed E-state index contributed by atoms with van der Waals surface area (Å²) in [4.78, 5) is 15.3. The summed E-state index contributed by atoms with van der Waals surface area (Å²) in [6.45, 7) is 1.72. The Labute approximate surface area is 82.6 Å². The van der Waals surface area contributed by atoms with Gasteiger partial charge in [-0.15, -0.1) is 15.3 Å². The second kappa shape index (κ2) is 3.50. The summed E-state index contributed by atoms with van der Waals surface area (Å²) in [5.41, 5.74) is 1.53. The number of carbonyl (C=O) groups excluding carboxylic acids is 1. The van der Waals surface area contributed by atoms with E-state index in [2.05, 4.69) is 30.7 Å². The van der Waals surface area contributed by atoms with Crippen molar-refractivity contribution in [2.45, 2.75) is 6.92 Å². The van der Waals surface area contributed by atoms with Gasteiger partial charge in [-0.05, 0) is 6.92 Å². The van der Waals surface area contributed by atoms with Crippen molar-refractivity contribution >= 4 is 22.4 Å². The molecule has 0 spiro atoms. The minimum Gasteiger partial charge on any atom is -0.294 e. The van der Waals surface area contributed by atoms with E-state index in [-0.39, 0.29) is 5.82 Å². The predicted molar refractivity (Wildman–Crippen MR) is 49.0 cm³/mol. The number of carbonyl (C=O) groups is 1. The molecule has 0 bridgehead atoms. The van der Waals surface area contributed by atoms with E-state index in [4.69, 9.17) is 0 Å². The van der Waals surface area contributed by atoms with E-state index in [0.29, 0.717) is 11.0 Å². The molecule has 2 rings (SSSR count). The highest BCUT2D eigenvalue weighted by Crippen LogP contribution is 2.08. The zero-order valence-corrected chi connectivity index (χ0v) is 8.00. The minimum absolute atomic E-state index is 0.0951. The Morgan fingerprint density at radius 1 is 1.64 bits per heavy atom. The summed E-state index contributed by atoms with van der Waals surface area (Å²) in [6.07, 6.45) is 0. The second-order valence-electron chi connectivity index (χ2n) is 2.44. The lowest BCUT2D eigenvalue weighted by atomic mass is 10.6. The average Bonchev–Trinajstić information content (AvgIpc) is 2.75. The third-order valence-corrected chi connectivity index (χ3v) is 1.99. The van der Waals surface area contributed by atoms with Crippen molar-refractivity contribution in [3.63, 3.8) is 0 Å². The lowest BCUT2D eigenvalue weighted by molar-refractivity contribution is 0.101. The van der Waals surface area contributed by atoms with E-state index in [1.807, 2.05) is 0 Å². The molecule has 2 heterocycles. The van der Waals surface area contributed by atoms with Crippen LogP contribution in [0.5, 0.6) is 0 Å². The number of hydrogen-bond donors (Lipinski definition) is 2. The maximum absolute atomic E-state index is 11.4. The van der Waals surface area contributed by atoms with Crippen LogP contribution >= 0.6 is 11.3 Å². The summed E-state index contributed by atoms with van der Waals surface area (Å²) in [5, 5.41) is 16.5. The number of nitrogens with zero attached hydrogens (tertiary/aromatic N) is 4. The molecule has 0 fully saturated rings. The van der Waals surface area contributed by atoms with Crippen molar-refractivity contribution in [1.29, 1.82) is 0 Å². The van der Waals surface area contributed by atoms with Crippen molar-refractivity contribution in [1.82, 2.24) is 25.4 Å². The van der Waals surface area contributed by atoms with Crippen LogP contribution in [0.3, 0.4) is 0 Å². The summed E-state index contributed by atoms with van der Waals surface area (Å²) < 4.78 is 0. The summed E-state index contributed by atoms with van der Waals surface area (Å²) in [7, 11) is 0. The first kappa shape index (κ1) is 8.75. The van der Waals surface area contributed by atoms with Gasteiger partial charge in [0, 0.05) is 0 Å². The molecular formula is C6H6N6OS. The minimum atomic E-state index is -0.397. The van der Waals surface area contributed by atoms with E-state index >= 15 is 0 Å². The van der Waals surface area contributed by atoms with Crippen LogP contribution in [0.25, 0.3) is 0 Å². The normalized spacial score (nSPS) is 10.1. The van der Waals surface area contributed by atoms with Gasteiger partial charge in [0.05, 0.1) is 0 Å². The molecule has 0 aliphatic rings. The number of aromatic nitrogens is 5. The largest absolute Gasteiger partial charge is 0.297 e. The molecule has 0 radical (unpaired) electrons. The van der Waals surface area contributed by atoms with Gasteiger partial charge in [0.1, 0.15) is 11.3 Å². The molecule has 14 heavy (non-hydrogen) atoms. The molecule has 0 aliphatic heterocycles. The number of aryl methyl sites for hydroxylation is 1. The van der Waals surface area contributed by atoms with Crippen molar-refractivity contribution in [2.75, 3.05) is 5.32 Å². The van der Waals surface area contributed by atoms with Gasteiger partial charge in [-0.1, -0.05) is 11.3 Å². The fraction of sp³-hybridized carbons (Fsp3) is 0.167. The predicted octanol–water partition coefficient (Wildman–Crippen LogP) is 0.217. The first-order valence-electron chi connectivity index (χ1n) is 3.72. The standard InChI is InChI=1S/C6H6N6OS/c1-3-8-4(11-10-3)5(13)9-6-12-7-2-14-6/h2H,1H3,(H,8,10,11)(H,9,12,13). The van der Waals surface area contributed by atoms with Gasteiger partial charge in [0.25, 0.3) is 5.91 Å². The number of amides is 1. The number of H-pyrrole nitrogens is 1. The second-order valence-corrected chi connectivity index (χ2v) is 3.28. The quantitative estimate of drug-likeness (QED) is 0.738. The number of anilines is 1. The van der Waals surface area contributed by atoms with Crippen LogP contribution in [-0.4, -0.2) is 31.3 Å². The Kier molecular flexibility index (Phi) is 2.19. The Morgan fingerprint density at radius 2 is 2.50 bits per heavy atom. The van der Waals surface area contributed by atoms with Crippen LogP contribution in [0.4, 0.5) is 5.13 Å². The molecule has 72 valence electrons. The summed E-state index contributed by atoms with van der Waals surface area (Å²) >= 11 is 1.23. The molecule has 0 atom stereocenters. The number of hydrogen-bond acceptors (Lipinski definition) is 6. The highest BCUT2D eigenvalue weighted by atomic mass is 32.1. The van der Waals surface area contributed by atoms with Crippen molar-refractivity contribution in [2.24, 2.45) is 0 Å². The van der Waals surface area contributed by atoms with Gasteiger partial charge < -0.3 is 0 Å². The lowest BCUT2D eigenvalue weighted by Crippen LogP contribution is -2.13. The maximum Gasteiger partial charge on any atom is 0.297 e.